The third-order valence-electron chi connectivity index (χ3n) is 10.3. The van der Waals surface area contributed by atoms with Gasteiger partial charge in [-0.2, -0.15) is 0 Å². The molecule has 0 aliphatic carbocycles. The highest BCUT2D eigenvalue weighted by atomic mass is 15.2. The quantitative estimate of drug-likeness (QED) is 0.193. The molecule has 3 heterocycles. The molecule has 0 saturated carbocycles. The maximum Gasteiger partial charge on any atom is 0.235 e. The molecule has 0 unspecified atom stereocenters. The molecule has 0 aliphatic rings. The van der Waals surface area contributed by atoms with Crippen LogP contribution in [0.2, 0.25) is 0 Å². The average molecular weight is 637 g/mol. The van der Waals surface area contributed by atoms with Crippen LogP contribution in [0, 0.1) is 0 Å². The van der Waals surface area contributed by atoms with Gasteiger partial charge < -0.3 is 4.57 Å². The fraction of sp³-hybridized carbons (Fsp3) is 0. The van der Waals surface area contributed by atoms with Crippen molar-refractivity contribution in [2.24, 2.45) is 0 Å². The maximum atomic E-state index is 5.44. The lowest BCUT2D eigenvalue weighted by Gasteiger charge is -2.13. The number of benzene rings is 8. The van der Waals surface area contributed by atoms with Gasteiger partial charge in [-0.05, 0) is 70.1 Å². The van der Waals surface area contributed by atoms with Gasteiger partial charge in [0.1, 0.15) is 0 Å². The predicted molar refractivity (Wildman–Crippen MR) is 209 cm³/mol. The second-order valence-electron chi connectivity index (χ2n) is 13.0. The van der Waals surface area contributed by atoms with Crippen molar-refractivity contribution >= 4 is 76.1 Å². The van der Waals surface area contributed by atoms with E-state index in [4.69, 9.17) is 9.97 Å². The summed E-state index contributed by atoms with van der Waals surface area (Å²) < 4.78 is 4.65. The number of nitrogens with zero attached hydrogens (tertiary/aromatic N) is 4. The summed E-state index contributed by atoms with van der Waals surface area (Å²) in [4.78, 5) is 10.7. The Labute approximate surface area is 287 Å². The Bertz CT molecular complexity index is 3110. The van der Waals surface area contributed by atoms with Crippen molar-refractivity contribution < 1.29 is 0 Å². The van der Waals surface area contributed by atoms with Gasteiger partial charge in [-0.1, -0.05) is 121 Å². The van der Waals surface area contributed by atoms with Crippen molar-refractivity contribution in [3.63, 3.8) is 0 Å². The standard InChI is InChI=1S/C46H28N4/c1-2-14-31-27-44-38(26-30(31)13-1)39-28-32(49-41-22-9-6-17-34(41)35-18-7-10-23-42(35)49)24-25-43(39)50(44)46-47-40-21-8-5-19-37(40)45(48-46)36-20-11-15-29-12-3-4-16-33(29)36/h1-28H. The monoisotopic (exact) mass is 636 g/mol. The van der Waals surface area contributed by atoms with Gasteiger partial charge in [0.2, 0.25) is 5.95 Å². The first-order valence-electron chi connectivity index (χ1n) is 17.0. The van der Waals surface area contributed by atoms with Gasteiger partial charge in [-0.15, -0.1) is 0 Å². The minimum absolute atomic E-state index is 0.659. The Kier molecular flexibility index (Phi) is 5.63. The van der Waals surface area contributed by atoms with Crippen LogP contribution < -0.4 is 0 Å². The van der Waals surface area contributed by atoms with Gasteiger partial charge in [0.05, 0.1) is 33.3 Å². The van der Waals surface area contributed by atoms with Crippen molar-refractivity contribution in [1.82, 2.24) is 19.1 Å². The second kappa shape index (κ2) is 10.4. The molecule has 0 aliphatic heterocycles. The van der Waals surface area contributed by atoms with Gasteiger partial charge in [-0.25, -0.2) is 9.97 Å². The maximum absolute atomic E-state index is 5.44. The number of hydrogen-bond donors (Lipinski definition) is 0. The van der Waals surface area contributed by atoms with E-state index in [9.17, 15) is 0 Å². The summed E-state index contributed by atoms with van der Waals surface area (Å²) in [6, 6.07) is 60.8. The molecule has 0 bridgehead atoms. The lowest BCUT2D eigenvalue weighted by molar-refractivity contribution is 1.01. The van der Waals surface area contributed by atoms with E-state index < -0.39 is 0 Å². The zero-order chi connectivity index (χ0) is 32.8. The molecule has 0 amide bonds. The van der Waals surface area contributed by atoms with E-state index in [2.05, 4.69) is 179 Å². The van der Waals surface area contributed by atoms with Crippen LogP contribution in [-0.4, -0.2) is 19.1 Å². The Morgan fingerprint density at radius 3 is 1.70 bits per heavy atom. The Morgan fingerprint density at radius 1 is 0.340 bits per heavy atom. The lowest BCUT2D eigenvalue weighted by atomic mass is 9.99. The highest BCUT2D eigenvalue weighted by Crippen LogP contribution is 2.39. The molecule has 0 spiro atoms. The summed E-state index contributed by atoms with van der Waals surface area (Å²) in [6.45, 7) is 0. The third-order valence-corrected chi connectivity index (χ3v) is 10.3. The molecule has 0 N–H and O–H groups in total. The highest BCUT2D eigenvalue weighted by molar-refractivity contribution is 6.15. The molecule has 4 nitrogen and oxygen atoms in total. The first-order valence-corrected chi connectivity index (χ1v) is 17.0. The first kappa shape index (κ1) is 27.2. The van der Waals surface area contributed by atoms with Crippen LogP contribution in [0.25, 0.3) is 99.0 Å². The van der Waals surface area contributed by atoms with Crippen LogP contribution >= 0.6 is 0 Å². The van der Waals surface area contributed by atoms with Crippen LogP contribution in [-0.2, 0) is 0 Å². The number of fused-ring (bicyclic) bond motifs is 9. The molecule has 0 atom stereocenters. The first-order chi connectivity index (χ1) is 24.8. The minimum Gasteiger partial charge on any atom is -0.309 e. The van der Waals surface area contributed by atoms with Gasteiger partial charge in [0.15, 0.2) is 0 Å². The molecule has 232 valence electrons. The van der Waals surface area contributed by atoms with Crippen LogP contribution in [0.4, 0.5) is 0 Å². The highest BCUT2D eigenvalue weighted by Gasteiger charge is 2.20. The Morgan fingerprint density at radius 2 is 0.920 bits per heavy atom. The van der Waals surface area contributed by atoms with E-state index in [0.717, 1.165) is 44.3 Å². The van der Waals surface area contributed by atoms with E-state index in [0.29, 0.717) is 5.95 Å². The molecule has 11 aromatic rings. The molecule has 50 heavy (non-hydrogen) atoms. The van der Waals surface area contributed by atoms with E-state index in [1.54, 1.807) is 0 Å². The summed E-state index contributed by atoms with van der Waals surface area (Å²) in [7, 11) is 0. The third kappa shape index (κ3) is 3.87. The average Bonchev–Trinajstić information content (AvgIpc) is 3.68. The molecule has 11 rings (SSSR count). The fourth-order valence-electron chi connectivity index (χ4n) is 8.05. The molecule has 0 radical (unpaired) electrons. The molecular formula is C46H28N4. The molecule has 0 saturated heterocycles. The van der Waals surface area contributed by atoms with Crippen LogP contribution in [0.3, 0.4) is 0 Å². The van der Waals surface area contributed by atoms with Crippen molar-refractivity contribution in [3.05, 3.63) is 170 Å². The van der Waals surface area contributed by atoms with Crippen molar-refractivity contribution in [2.75, 3.05) is 0 Å². The van der Waals surface area contributed by atoms with E-state index in [1.165, 1.54) is 48.7 Å². The smallest absolute Gasteiger partial charge is 0.235 e. The SMILES string of the molecule is c1ccc2cc3c(cc2c1)c1cc(-n2c4ccccc4c4ccccc42)ccc1n3-c1nc(-c2cccc3ccccc23)c2ccccc2n1. The summed E-state index contributed by atoms with van der Waals surface area (Å²) in [5.41, 5.74) is 8.61. The van der Waals surface area contributed by atoms with Crippen molar-refractivity contribution in [3.8, 4) is 22.9 Å². The van der Waals surface area contributed by atoms with Gasteiger partial charge in [-0.3, -0.25) is 4.57 Å². The molecular weight excluding hydrogens is 609 g/mol. The Hall–Kier alpha value is -6.78. The van der Waals surface area contributed by atoms with E-state index >= 15 is 0 Å². The van der Waals surface area contributed by atoms with E-state index in [-0.39, 0.29) is 0 Å². The van der Waals surface area contributed by atoms with Crippen molar-refractivity contribution in [1.29, 1.82) is 0 Å². The summed E-state index contributed by atoms with van der Waals surface area (Å²) in [6.07, 6.45) is 0. The van der Waals surface area contributed by atoms with Crippen LogP contribution in [0.5, 0.6) is 0 Å². The van der Waals surface area contributed by atoms with Gasteiger partial charge >= 0.3 is 0 Å². The number of aromatic nitrogens is 4. The summed E-state index contributed by atoms with van der Waals surface area (Å²) in [5, 5.41) is 10.6. The largest absolute Gasteiger partial charge is 0.309 e. The van der Waals surface area contributed by atoms with Crippen molar-refractivity contribution in [2.45, 2.75) is 0 Å². The van der Waals surface area contributed by atoms with Gasteiger partial charge in [0.25, 0.3) is 0 Å². The number of rotatable bonds is 3. The molecule has 4 heteroatoms. The number of hydrogen-bond acceptors (Lipinski definition) is 2. The molecule has 8 aromatic carbocycles. The lowest BCUT2D eigenvalue weighted by Crippen LogP contribution is -2.04. The van der Waals surface area contributed by atoms with Crippen LogP contribution in [0.15, 0.2) is 170 Å². The predicted octanol–water partition coefficient (Wildman–Crippen LogP) is 11.8. The van der Waals surface area contributed by atoms with Crippen LogP contribution in [0.1, 0.15) is 0 Å². The number of para-hydroxylation sites is 3. The fourth-order valence-corrected chi connectivity index (χ4v) is 8.05. The van der Waals surface area contributed by atoms with E-state index in [1.807, 2.05) is 0 Å². The van der Waals surface area contributed by atoms with Gasteiger partial charge in [0, 0.05) is 38.2 Å². The summed E-state index contributed by atoms with van der Waals surface area (Å²) >= 11 is 0. The zero-order valence-electron chi connectivity index (χ0n) is 27.0. The summed E-state index contributed by atoms with van der Waals surface area (Å²) in [5.74, 6) is 0.659. The Balaban J connectivity index is 1.24. The second-order valence-corrected chi connectivity index (χ2v) is 13.0. The molecule has 3 aromatic heterocycles. The zero-order valence-corrected chi connectivity index (χ0v) is 27.0. The minimum atomic E-state index is 0.659. The molecule has 0 fully saturated rings. The normalized spacial score (nSPS) is 12.0. The topological polar surface area (TPSA) is 35.6 Å².